The number of allylic oxidation sites excluding steroid dienone is 1. The van der Waals surface area contributed by atoms with Gasteiger partial charge in [0.05, 0.1) is 21.7 Å². The molecule has 0 N–H and O–H groups in total. The number of esters is 1. The number of aromatic nitrogens is 1. The van der Waals surface area contributed by atoms with Crippen LogP contribution in [0.1, 0.15) is 46.1 Å². The second-order valence-electron chi connectivity index (χ2n) is 9.94. The molecule has 1 heterocycles. The highest BCUT2D eigenvalue weighted by molar-refractivity contribution is 7.89. The van der Waals surface area contributed by atoms with E-state index in [1.165, 1.54) is 20.2 Å². The van der Waals surface area contributed by atoms with Crippen molar-refractivity contribution in [3.63, 3.8) is 0 Å². The molecule has 4 aromatic rings. The van der Waals surface area contributed by atoms with Crippen molar-refractivity contribution in [3.05, 3.63) is 107 Å². The van der Waals surface area contributed by atoms with Gasteiger partial charge in [-0.1, -0.05) is 67.6 Å². The molecule has 38 heavy (non-hydrogen) atoms. The number of benzene rings is 3. The van der Waals surface area contributed by atoms with E-state index in [9.17, 15) is 13.2 Å². The van der Waals surface area contributed by atoms with Gasteiger partial charge in [0.25, 0.3) is 0 Å². The molecule has 194 valence electrons. The van der Waals surface area contributed by atoms with Crippen LogP contribution in [0.25, 0.3) is 22.6 Å². The second-order valence-corrected chi connectivity index (χ2v) is 12.1. The normalized spacial score (nSPS) is 16.5. The van der Waals surface area contributed by atoms with E-state index in [1.807, 2.05) is 42.5 Å². The molecule has 0 radical (unpaired) electrons. The third kappa shape index (κ3) is 5.12. The van der Waals surface area contributed by atoms with Crippen LogP contribution in [0.4, 0.5) is 0 Å². The van der Waals surface area contributed by atoms with Gasteiger partial charge in [0.15, 0.2) is 0 Å². The average molecular weight is 527 g/mol. The van der Waals surface area contributed by atoms with Gasteiger partial charge in [0.2, 0.25) is 10.0 Å². The van der Waals surface area contributed by atoms with E-state index in [1.54, 1.807) is 18.2 Å². The van der Waals surface area contributed by atoms with Crippen LogP contribution in [-0.4, -0.2) is 37.8 Å². The maximum absolute atomic E-state index is 13.7. The number of nitrogens with zero attached hydrogens (tertiary/aromatic N) is 2. The Hall–Kier alpha value is -3.81. The Morgan fingerprint density at radius 3 is 2.50 bits per heavy atom. The minimum atomic E-state index is -3.59. The first-order chi connectivity index (χ1) is 18.2. The van der Waals surface area contributed by atoms with Crippen molar-refractivity contribution in [2.45, 2.75) is 31.3 Å². The van der Waals surface area contributed by atoms with Crippen molar-refractivity contribution >= 4 is 38.5 Å². The number of sulfonamides is 1. The van der Waals surface area contributed by atoms with Crippen LogP contribution in [-0.2, 0) is 27.8 Å². The fourth-order valence-electron chi connectivity index (χ4n) is 4.95. The number of pyridine rings is 1. The minimum Gasteiger partial charge on any atom is -0.457 e. The number of hydrogen-bond acceptors (Lipinski definition) is 5. The Labute approximate surface area is 223 Å². The summed E-state index contributed by atoms with van der Waals surface area (Å²) in [5.74, 6) is -0.103. The van der Waals surface area contributed by atoms with Gasteiger partial charge in [0, 0.05) is 19.5 Å². The number of carbonyl (C=O) groups excluding carboxylic acids is 1. The van der Waals surface area contributed by atoms with Crippen LogP contribution < -0.4 is 0 Å². The molecule has 1 unspecified atom stereocenters. The molecular formula is C31H30N2O4S. The molecule has 1 atom stereocenters. The Bertz CT molecular complexity index is 1640. The third-order valence-electron chi connectivity index (χ3n) is 6.81. The molecule has 0 saturated heterocycles. The molecule has 3 aromatic carbocycles. The summed E-state index contributed by atoms with van der Waals surface area (Å²) in [6.45, 7) is 2.14. The number of carbonyl (C=O) groups is 1. The quantitative estimate of drug-likeness (QED) is 0.290. The van der Waals surface area contributed by atoms with E-state index in [0.717, 1.165) is 50.4 Å². The summed E-state index contributed by atoms with van der Waals surface area (Å²) >= 11 is 0. The molecule has 6 nitrogen and oxygen atoms in total. The van der Waals surface area contributed by atoms with Gasteiger partial charge >= 0.3 is 5.97 Å². The van der Waals surface area contributed by atoms with E-state index in [4.69, 9.17) is 9.72 Å². The lowest BCUT2D eigenvalue weighted by Crippen LogP contribution is -2.22. The highest BCUT2D eigenvalue weighted by atomic mass is 32.2. The molecule has 0 saturated carbocycles. The molecule has 0 spiro atoms. The number of hydrogen-bond donors (Lipinski definition) is 0. The summed E-state index contributed by atoms with van der Waals surface area (Å²) in [7, 11) is -0.616. The van der Waals surface area contributed by atoms with Crippen LogP contribution in [0.5, 0.6) is 0 Å². The second kappa shape index (κ2) is 10.5. The first kappa shape index (κ1) is 25.8. The fraction of sp³-hybridized carbons (Fsp3) is 0.226. The maximum atomic E-state index is 13.7. The smallest absolute Gasteiger partial charge is 0.339 e. The number of para-hydroxylation sites is 1. The molecule has 1 aliphatic carbocycles. The molecule has 0 fully saturated rings. The summed E-state index contributed by atoms with van der Waals surface area (Å²) in [6.07, 6.45) is 3.75. The van der Waals surface area contributed by atoms with E-state index in [0.29, 0.717) is 17.0 Å². The minimum absolute atomic E-state index is 0.0384. The molecule has 7 heteroatoms. The highest BCUT2D eigenvalue weighted by Crippen LogP contribution is 2.38. The van der Waals surface area contributed by atoms with Crippen LogP contribution in [0, 0.1) is 5.92 Å². The zero-order valence-corrected chi connectivity index (χ0v) is 22.5. The lowest BCUT2D eigenvalue weighted by atomic mass is 9.80. The molecule has 1 aliphatic rings. The number of fused-ring (bicyclic) bond motifs is 2. The number of ether oxygens (including phenoxy) is 1. The summed E-state index contributed by atoms with van der Waals surface area (Å²) in [6, 6.07) is 24.3. The Morgan fingerprint density at radius 1 is 1.00 bits per heavy atom. The van der Waals surface area contributed by atoms with Crippen LogP contribution in [0.15, 0.2) is 83.8 Å². The Morgan fingerprint density at radius 2 is 1.74 bits per heavy atom. The zero-order chi connectivity index (χ0) is 26.9. The Balaban J connectivity index is 1.54. The van der Waals surface area contributed by atoms with Crippen molar-refractivity contribution in [2.24, 2.45) is 5.92 Å². The van der Waals surface area contributed by atoms with Gasteiger partial charge in [-0.15, -0.1) is 0 Å². The first-order valence-corrected chi connectivity index (χ1v) is 14.0. The van der Waals surface area contributed by atoms with Gasteiger partial charge < -0.3 is 4.74 Å². The van der Waals surface area contributed by atoms with Gasteiger partial charge in [-0.25, -0.2) is 22.5 Å². The summed E-state index contributed by atoms with van der Waals surface area (Å²) in [5, 5.41) is 0.758. The van der Waals surface area contributed by atoms with Crippen LogP contribution in [0.3, 0.4) is 0 Å². The number of rotatable bonds is 6. The molecule has 5 rings (SSSR count). The van der Waals surface area contributed by atoms with Gasteiger partial charge in [-0.3, -0.25) is 0 Å². The molecule has 1 aromatic heterocycles. The van der Waals surface area contributed by atoms with E-state index in [-0.39, 0.29) is 11.5 Å². The van der Waals surface area contributed by atoms with E-state index < -0.39 is 16.0 Å². The van der Waals surface area contributed by atoms with Crippen molar-refractivity contribution < 1.29 is 17.9 Å². The van der Waals surface area contributed by atoms with E-state index in [2.05, 4.69) is 25.1 Å². The molecule has 0 amide bonds. The van der Waals surface area contributed by atoms with Crippen molar-refractivity contribution in [2.75, 3.05) is 14.1 Å². The first-order valence-electron chi connectivity index (χ1n) is 12.6. The zero-order valence-electron chi connectivity index (χ0n) is 21.7. The monoisotopic (exact) mass is 526 g/mol. The Kier molecular flexibility index (Phi) is 7.15. The van der Waals surface area contributed by atoms with Crippen molar-refractivity contribution in [3.8, 4) is 0 Å². The van der Waals surface area contributed by atoms with Crippen molar-refractivity contribution in [1.82, 2.24) is 9.29 Å². The summed E-state index contributed by atoms with van der Waals surface area (Å²) in [4.78, 5) is 18.8. The van der Waals surface area contributed by atoms with Crippen LogP contribution in [0.2, 0.25) is 0 Å². The van der Waals surface area contributed by atoms with E-state index >= 15 is 0 Å². The van der Waals surface area contributed by atoms with Gasteiger partial charge in [-0.05, 0) is 65.3 Å². The topological polar surface area (TPSA) is 76.6 Å². The van der Waals surface area contributed by atoms with Crippen LogP contribution >= 0.6 is 0 Å². The lowest BCUT2D eigenvalue weighted by Gasteiger charge is -2.26. The lowest BCUT2D eigenvalue weighted by molar-refractivity contribution is 0.0473. The van der Waals surface area contributed by atoms with Gasteiger partial charge in [0.1, 0.15) is 6.61 Å². The predicted octanol–water partition coefficient (Wildman–Crippen LogP) is 5.97. The van der Waals surface area contributed by atoms with Gasteiger partial charge in [-0.2, -0.15) is 0 Å². The van der Waals surface area contributed by atoms with Crippen molar-refractivity contribution in [1.29, 1.82) is 0 Å². The maximum Gasteiger partial charge on any atom is 0.339 e. The highest BCUT2D eigenvalue weighted by Gasteiger charge is 2.29. The predicted molar refractivity (Wildman–Crippen MR) is 150 cm³/mol. The average Bonchev–Trinajstić information content (AvgIpc) is 2.91. The standard InChI is InChI=1S/C31H30N2O4S/c1-21-16-24(18-22-10-5-4-6-11-22)30-27(17-21)29(26-14-7-8-15-28(26)32-30)31(34)37-20-23-12-9-13-25(19-23)38(35,36)33(2)3/h4-15,18-19,21H,16-17,20H2,1-3H3/b24-18-. The largest absolute Gasteiger partial charge is 0.457 e. The molecule has 0 aliphatic heterocycles. The summed E-state index contributed by atoms with van der Waals surface area (Å²) < 4.78 is 32.1. The molecular weight excluding hydrogens is 496 g/mol. The summed E-state index contributed by atoms with van der Waals surface area (Å²) in [5.41, 5.74) is 5.82. The third-order valence-corrected chi connectivity index (χ3v) is 8.62. The molecule has 0 bridgehead atoms. The fourth-order valence-corrected chi connectivity index (χ4v) is 5.92. The SMILES string of the molecule is CC1C/C(=C/c2ccccc2)c2nc3ccccc3c(C(=O)OCc3cccc(S(=O)(=O)N(C)C)c3)c2C1.